The summed E-state index contributed by atoms with van der Waals surface area (Å²) < 4.78 is 12.9. The van der Waals surface area contributed by atoms with E-state index in [9.17, 15) is 19.6 Å². The average molecular weight is 304 g/mol. The van der Waals surface area contributed by atoms with Gasteiger partial charge < -0.3 is 10.4 Å². The Hall–Kier alpha value is -2.31. The molecule has 2 N–H and O–H groups in total. The zero-order valence-corrected chi connectivity index (χ0v) is 12.1. The van der Waals surface area contributed by atoms with Crippen molar-refractivity contribution in [1.82, 2.24) is 5.32 Å². The van der Waals surface area contributed by atoms with E-state index in [0.717, 1.165) is 5.56 Å². The van der Waals surface area contributed by atoms with Crippen LogP contribution in [0.3, 0.4) is 0 Å². The number of hydrogen-bond donors (Lipinski definition) is 2. The van der Waals surface area contributed by atoms with Crippen molar-refractivity contribution in [2.75, 3.05) is 0 Å². The maximum absolute atomic E-state index is 12.9. The van der Waals surface area contributed by atoms with E-state index >= 15 is 0 Å². The van der Waals surface area contributed by atoms with Crippen LogP contribution in [0.25, 0.3) is 0 Å². The second kappa shape index (κ2) is 7.11. The topological polar surface area (TPSA) is 75.4 Å². The van der Waals surface area contributed by atoms with E-state index in [1.165, 1.54) is 36.4 Å². The van der Waals surface area contributed by atoms with Crippen molar-refractivity contribution in [3.05, 3.63) is 75.6 Å². The number of benzene rings is 2. The first-order valence-corrected chi connectivity index (χ1v) is 6.87. The standard InChI is InChI=1S/C16H17FN2O3/c1-11(16(20)13-5-7-14(17)8-6-13)18-10-12-3-2-4-15(9-12)19(21)22/h2-9,11,16,18,20H,10H2,1H3. The van der Waals surface area contributed by atoms with Crippen LogP contribution in [0.5, 0.6) is 0 Å². The Morgan fingerprint density at radius 1 is 1.27 bits per heavy atom. The number of nitrogens with one attached hydrogen (secondary N) is 1. The van der Waals surface area contributed by atoms with E-state index in [2.05, 4.69) is 5.32 Å². The highest BCUT2D eigenvalue weighted by Crippen LogP contribution is 2.18. The number of non-ortho nitro benzene ring substituents is 1. The fourth-order valence-electron chi connectivity index (χ4n) is 2.12. The van der Waals surface area contributed by atoms with E-state index in [4.69, 9.17) is 0 Å². The van der Waals surface area contributed by atoms with Gasteiger partial charge >= 0.3 is 0 Å². The second-order valence-electron chi connectivity index (χ2n) is 5.09. The van der Waals surface area contributed by atoms with Gasteiger partial charge in [0.2, 0.25) is 0 Å². The number of nitro benzene ring substituents is 1. The summed E-state index contributed by atoms with van der Waals surface area (Å²) in [7, 11) is 0. The highest BCUT2D eigenvalue weighted by Gasteiger charge is 2.16. The maximum Gasteiger partial charge on any atom is 0.269 e. The van der Waals surface area contributed by atoms with Crippen LogP contribution in [0, 0.1) is 15.9 Å². The molecule has 0 aliphatic carbocycles. The lowest BCUT2D eigenvalue weighted by molar-refractivity contribution is -0.384. The molecule has 0 radical (unpaired) electrons. The van der Waals surface area contributed by atoms with Gasteiger partial charge in [-0.2, -0.15) is 0 Å². The van der Waals surface area contributed by atoms with Gasteiger partial charge in [-0.15, -0.1) is 0 Å². The molecule has 0 fully saturated rings. The third-order valence-corrected chi connectivity index (χ3v) is 3.43. The van der Waals surface area contributed by atoms with E-state index in [1.807, 2.05) is 0 Å². The number of halogens is 1. The molecule has 22 heavy (non-hydrogen) atoms. The molecule has 2 aromatic rings. The first kappa shape index (κ1) is 16.1. The summed E-state index contributed by atoms with van der Waals surface area (Å²) in [6, 6.07) is 11.7. The second-order valence-corrected chi connectivity index (χ2v) is 5.09. The predicted octanol–water partition coefficient (Wildman–Crippen LogP) is 2.95. The molecule has 6 heteroatoms. The fourth-order valence-corrected chi connectivity index (χ4v) is 2.12. The normalized spacial score (nSPS) is 13.6. The lowest BCUT2D eigenvalue weighted by Crippen LogP contribution is -2.31. The summed E-state index contributed by atoms with van der Waals surface area (Å²) >= 11 is 0. The van der Waals surface area contributed by atoms with Gasteiger partial charge in [0.05, 0.1) is 11.0 Å². The Morgan fingerprint density at radius 3 is 2.59 bits per heavy atom. The third kappa shape index (κ3) is 4.09. The minimum atomic E-state index is -0.792. The molecule has 5 nitrogen and oxygen atoms in total. The Kier molecular flexibility index (Phi) is 5.19. The number of rotatable bonds is 6. The lowest BCUT2D eigenvalue weighted by atomic mass is 10.0. The van der Waals surface area contributed by atoms with Gasteiger partial charge in [-0.05, 0) is 30.2 Å². The molecule has 2 atom stereocenters. The summed E-state index contributed by atoms with van der Waals surface area (Å²) in [6.45, 7) is 2.19. The first-order chi connectivity index (χ1) is 10.5. The Bertz CT molecular complexity index is 646. The van der Waals surface area contributed by atoms with Crippen LogP contribution in [0.4, 0.5) is 10.1 Å². The summed E-state index contributed by atoms with van der Waals surface area (Å²) in [6.07, 6.45) is -0.792. The molecule has 0 heterocycles. The van der Waals surface area contributed by atoms with Gasteiger partial charge in [-0.3, -0.25) is 10.1 Å². The maximum atomic E-state index is 12.9. The van der Waals surface area contributed by atoms with Crippen molar-refractivity contribution in [3.63, 3.8) is 0 Å². The number of aliphatic hydroxyl groups is 1. The van der Waals surface area contributed by atoms with Crippen molar-refractivity contribution in [3.8, 4) is 0 Å². The first-order valence-electron chi connectivity index (χ1n) is 6.87. The molecule has 0 aliphatic heterocycles. The van der Waals surface area contributed by atoms with E-state index in [-0.39, 0.29) is 17.5 Å². The molecule has 0 aromatic heterocycles. The van der Waals surface area contributed by atoms with Crippen LogP contribution in [-0.4, -0.2) is 16.1 Å². The number of nitrogens with zero attached hydrogens (tertiary/aromatic N) is 1. The number of nitro groups is 1. The van der Waals surface area contributed by atoms with Crippen LogP contribution >= 0.6 is 0 Å². The molecule has 116 valence electrons. The van der Waals surface area contributed by atoms with Crippen molar-refractivity contribution >= 4 is 5.69 Å². The van der Waals surface area contributed by atoms with Crippen LogP contribution in [0.2, 0.25) is 0 Å². The van der Waals surface area contributed by atoms with Gasteiger partial charge in [0.1, 0.15) is 5.82 Å². The molecule has 0 saturated heterocycles. The largest absolute Gasteiger partial charge is 0.387 e. The number of aliphatic hydroxyl groups excluding tert-OH is 1. The Labute approximate surface area is 127 Å². The minimum absolute atomic E-state index is 0.0334. The van der Waals surface area contributed by atoms with Gasteiger partial charge in [0.15, 0.2) is 0 Å². The summed E-state index contributed by atoms with van der Waals surface area (Å²) in [5.41, 5.74) is 1.40. The summed E-state index contributed by atoms with van der Waals surface area (Å²) in [5, 5.41) is 24.0. The van der Waals surface area contributed by atoms with E-state index < -0.39 is 11.0 Å². The van der Waals surface area contributed by atoms with Crippen LogP contribution in [0.1, 0.15) is 24.2 Å². The van der Waals surface area contributed by atoms with Crippen molar-refractivity contribution in [2.45, 2.75) is 25.6 Å². The van der Waals surface area contributed by atoms with Gasteiger partial charge in [-0.1, -0.05) is 24.3 Å². The molecular weight excluding hydrogens is 287 g/mol. The van der Waals surface area contributed by atoms with Crippen LogP contribution < -0.4 is 5.32 Å². The quantitative estimate of drug-likeness (QED) is 0.635. The molecule has 0 bridgehead atoms. The smallest absolute Gasteiger partial charge is 0.269 e. The molecule has 0 aliphatic rings. The van der Waals surface area contributed by atoms with Gasteiger partial charge in [-0.25, -0.2) is 4.39 Å². The highest BCUT2D eigenvalue weighted by atomic mass is 19.1. The molecular formula is C16H17FN2O3. The Morgan fingerprint density at radius 2 is 1.95 bits per heavy atom. The molecule has 2 aromatic carbocycles. The Balaban J connectivity index is 1.97. The molecule has 0 spiro atoms. The summed E-state index contributed by atoms with van der Waals surface area (Å²) in [4.78, 5) is 10.3. The molecule has 0 saturated carbocycles. The van der Waals surface area contributed by atoms with Crippen LogP contribution in [0.15, 0.2) is 48.5 Å². The van der Waals surface area contributed by atoms with Crippen molar-refractivity contribution < 1.29 is 14.4 Å². The third-order valence-electron chi connectivity index (χ3n) is 3.43. The van der Waals surface area contributed by atoms with E-state index in [0.29, 0.717) is 12.1 Å². The van der Waals surface area contributed by atoms with Gasteiger partial charge in [0, 0.05) is 24.7 Å². The SMILES string of the molecule is CC(NCc1cccc([N+](=O)[O-])c1)C(O)c1ccc(F)cc1. The monoisotopic (exact) mass is 304 g/mol. The zero-order valence-electron chi connectivity index (χ0n) is 12.1. The van der Waals surface area contributed by atoms with E-state index in [1.54, 1.807) is 19.1 Å². The van der Waals surface area contributed by atoms with Crippen molar-refractivity contribution in [1.29, 1.82) is 0 Å². The van der Waals surface area contributed by atoms with Crippen LogP contribution in [-0.2, 0) is 6.54 Å². The average Bonchev–Trinajstić information content (AvgIpc) is 2.53. The summed E-state index contributed by atoms with van der Waals surface area (Å²) in [5.74, 6) is -0.354. The predicted molar refractivity (Wildman–Crippen MR) is 80.8 cm³/mol. The highest BCUT2D eigenvalue weighted by molar-refractivity contribution is 5.34. The van der Waals surface area contributed by atoms with Crippen molar-refractivity contribution in [2.24, 2.45) is 0 Å². The minimum Gasteiger partial charge on any atom is -0.387 e. The molecule has 0 amide bonds. The fraction of sp³-hybridized carbons (Fsp3) is 0.250. The molecule has 2 unspecified atom stereocenters. The lowest BCUT2D eigenvalue weighted by Gasteiger charge is -2.20. The zero-order chi connectivity index (χ0) is 16.1. The van der Waals surface area contributed by atoms with Gasteiger partial charge in [0.25, 0.3) is 5.69 Å². The number of hydrogen-bond acceptors (Lipinski definition) is 4. The molecule has 2 rings (SSSR count).